The van der Waals surface area contributed by atoms with Crippen LogP contribution in [0.15, 0.2) is 36.4 Å². The van der Waals surface area contributed by atoms with Crippen molar-refractivity contribution in [2.24, 2.45) is 0 Å². The number of nitro benzene ring substituents is 1. The van der Waals surface area contributed by atoms with Crippen molar-refractivity contribution in [2.45, 2.75) is 13.8 Å². The number of aromatic carboxylic acids is 1. The van der Waals surface area contributed by atoms with Crippen LogP contribution in [0.25, 0.3) is 11.1 Å². The van der Waals surface area contributed by atoms with Crippen molar-refractivity contribution in [1.82, 2.24) is 0 Å². The van der Waals surface area contributed by atoms with Gasteiger partial charge in [-0.2, -0.15) is 0 Å². The van der Waals surface area contributed by atoms with Crippen LogP contribution < -0.4 is 0 Å². The Morgan fingerprint density at radius 1 is 1.00 bits per heavy atom. The molecule has 0 atom stereocenters. The highest BCUT2D eigenvalue weighted by molar-refractivity contribution is 5.90. The fraction of sp³-hybridized carbons (Fsp3) is 0.133. The predicted molar refractivity (Wildman–Crippen MR) is 75.0 cm³/mol. The fourth-order valence-electron chi connectivity index (χ4n) is 2.15. The van der Waals surface area contributed by atoms with Gasteiger partial charge < -0.3 is 5.11 Å². The zero-order valence-corrected chi connectivity index (χ0v) is 11.1. The molecular formula is C15H13NO4. The van der Waals surface area contributed by atoms with E-state index in [0.29, 0.717) is 5.56 Å². The van der Waals surface area contributed by atoms with Crippen molar-refractivity contribution >= 4 is 11.7 Å². The van der Waals surface area contributed by atoms with Crippen molar-refractivity contribution in [3.8, 4) is 11.1 Å². The van der Waals surface area contributed by atoms with Gasteiger partial charge in [0.25, 0.3) is 5.69 Å². The summed E-state index contributed by atoms with van der Waals surface area (Å²) in [6.45, 7) is 3.85. The van der Waals surface area contributed by atoms with Gasteiger partial charge in [0, 0.05) is 12.1 Å². The second-order valence-corrected chi connectivity index (χ2v) is 4.71. The SMILES string of the molecule is Cc1cc(C)cc(-c2cc(C(=O)O)cc([N+](=O)[O-])c2)c1. The largest absolute Gasteiger partial charge is 0.478 e. The van der Waals surface area contributed by atoms with Crippen molar-refractivity contribution in [3.63, 3.8) is 0 Å². The number of nitro groups is 1. The quantitative estimate of drug-likeness (QED) is 0.683. The molecule has 20 heavy (non-hydrogen) atoms. The molecule has 102 valence electrons. The first-order valence-corrected chi connectivity index (χ1v) is 5.98. The second kappa shape index (κ2) is 5.13. The molecule has 0 saturated carbocycles. The van der Waals surface area contributed by atoms with Crippen LogP contribution >= 0.6 is 0 Å². The molecule has 2 aromatic rings. The molecule has 0 heterocycles. The number of carboxylic acid groups (broad SMARTS) is 1. The molecule has 2 aromatic carbocycles. The highest BCUT2D eigenvalue weighted by atomic mass is 16.6. The molecule has 1 N–H and O–H groups in total. The summed E-state index contributed by atoms with van der Waals surface area (Å²) in [5.41, 5.74) is 3.02. The van der Waals surface area contributed by atoms with Crippen LogP contribution in [0.3, 0.4) is 0 Å². The van der Waals surface area contributed by atoms with Crippen LogP contribution in [0.4, 0.5) is 5.69 Å². The molecule has 5 nitrogen and oxygen atoms in total. The average Bonchev–Trinajstić information content (AvgIpc) is 2.36. The molecule has 0 saturated heterocycles. The minimum Gasteiger partial charge on any atom is -0.478 e. The summed E-state index contributed by atoms with van der Waals surface area (Å²) in [6, 6.07) is 9.63. The van der Waals surface area contributed by atoms with Gasteiger partial charge in [-0.1, -0.05) is 29.3 Å². The monoisotopic (exact) mass is 271 g/mol. The predicted octanol–water partition coefficient (Wildman–Crippen LogP) is 3.58. The topological polar surface area (TPSA) is 80.4 Å². The summed E-state index contributed by atoms with van der Waals surface area (Å²) in [4.78, 5) is 21.4. The van der Waals surface area contributed by atoms with Crippen LogP contribution in [0.1, 0.15) is 21.5 Å². The minimum atomic E-state index is -1.18. The highest BCUT2D eigenvalue weighted by Crippen LogP contribution is 2.27. The van der Waals surface area contributed by atoms with Crippen LogP contribution in [-0.4, -0.2) is 16.0 Å². The number of aryl methyl sites for hydroxylation is 2. The fourth-order valence-corrected chi connectivity index (χ4v) is 2.15. The molecule has 0 amide bonds. The number of nitrogens with zero attached hydrogens (tertiary/aromatic N) is 1. The van der Waals surface area contributed by atoms with Crippen LogP contribution in [0.5, 0.6) is 0 Å². The number of carboxylic acids is 1. The Balaban J connectivity index is 2.66. The Kier molecular flexibility index (Phi) is 3.52. The number of non-ortho nitro benzene ring substituents is 1. The number of hydrogen-bond donors (Lipinski definition) is 1. The summed E-state index contributed by atoms with van der Waals surface area (Å²) in [6.07, 6.45) is 0. The van der Waals surface area contributed by atoms with E-state index in [-0.39, 0.29) is 11.3 Å². The van der Waals surface area contributed by atoms with E-state index in [9.17, 15) is 14.9 Å². The molecule has 0 aliphatic heterocycles. The summed E-state index contributed by atoms with van der Waals surface area (Å²) < 4.78 is 0. The molecular weight excluding hydrogens is 258 g/mol. The first-order chi connectivity index (χ1) is 9.36. The molecule has 0 fully saturated rings. The van der Waals surface area contributed by atoms with Gasteiger partial charge >= 0.3 is 5.97 Å². The van der Waals surface area contributed by atoms with Gasteiger partial charge in [-0.05, 0) is 31.0 Å². The molecule has 0 spiro atoms. The average molecular weight is 271 g/mol. The van der Waals surface area contributed by atoms with E-state index >= 15 is 0 Å². The lowest BCUT2D eigenvalue weighted by molar-refractivity contribution is -0.384. The number of benzene rings is 2. The number of rotatable bonds is 3. The lowest BCUT2D eigenvalue weighted by Gasteiger charge is -2.06. The van der Waals surface area contributed by atoms with Crippen molar-refractivity contribution in [1.29, 1.82) is 0 Å². The van der Waals surface area contributed by atoms with Gasteiger partial charge in [0.1, 0.15) is 0 Å². The Morgan fingerprint density at radius 2 is 1.55 bits per heavy atom. The maximum atomic E-state index is 11.1. The first kappa shape index (κ1) is 13.7. The van der Waals surface area contributed by atoms with Gasteiger partial charge in [-0.25, -0.2) is 4.79 Å². The Labute approximate surface area is 115 Å². The van der Waals surface area contributed by atoms with E-state index in [4.69, 9.17) is 5.11 Å². The van der Waals surface area contributed by atoms with E-state index < -0.39 is 10.9 Å². The van der Waals surface area contributed by atoms with Gasteiger partial charge in [0.05, 0.1) is 10.5 Å². The Morgan fingerprint density at radius 3 is 2.05 bits per heavy atom. The molecule has 0 bridgehead atoms. The highest BCUT2D eigenvalue weighted by Gasteiger charge is 2.14. The third kappa shape index (κ3) is 2.83. The Bertz CT molecular complexity index is 655. The van der Waals surface area contributed by atoms with Crippen LogP contribution in [0, 0.1) is 24.0 Å². The van der Waals surface area contributed by atoms with E-state index in [1.807, 2.05) is 32.0 Å². The second-order valence-electron chi connectivity index (χ2n) is 4.71. The number of carbonyl (C=O) groups is 1. The molecule has 0 radical (unpaired) electrons. The van der Waals surface area contributed by atoms with Crippen molar-refractivity contribution in [2.75, 3.05) is 0 Å². The first-order valence-electron chi connectivity index (χ1n) is 5.98. The zero-order chi connectivity index (χ0) is 14.9. The molecule has 0 aliphatic carbocycles. The molecule has 0 aromatic heterocycles. The lowest BCUT2D eigenvalue weighted by atomic mass is 9.98. The van der Waals surface area contributed by atoms with Crippen LogP contribution in [0.2, 0.25) is 0 Å². The Hall–Kier alpha value is -2.69. The third-order valence-electron chi connectivity index (χ3n) is 2.93. The standard InChI is InChI=1S/C15H13NO4/c1-9-3-10(2)5-11(4-9)12-6-13(15(17)18)8-14(7-12)16(19)20/h3-8H,1-2H3,(H,17,18). The molecule has 0 unspecified atom stereocenters. The van der Waals surface area contributed by atoms with Gasteiger partial charge in [0.15, 0.2) is 0 Å². The van der Waals surface area contributed by atoms with E-state index in [1.165, 1.54) is 12.1 Å². The van der Waals surface area contributed by atoms with Crippen molar-refractivity contribution < 1.29 is 14.8 Å². The summed E-state index contributed by atoms with van der Waals surface area (Å²) in [5, 5.41) is 20.0. The third-order valence-corrected chi connectivity index (χ3v) is 2.93. The minimum absolute atomic E-state index is 0.0895. The van der Waals surface area contributed by atoms with Gasteiger partial charge in [0.2, 0.25) is 0 Å². The van der Waals surface area contributed by atoms with Crippen molar-refractivity contribution in [3.05, 3.63) is 63.2 Å². The molecule has 2 rings (SSSR count). The normalized spacial score (nSPS) is 10.3. The van der Waals surface area contributed by atoms with E-state index in [0.717, 1.165) is 22.8 Å². The maximum absolute atomic E-state index is 11.1. The van der Waals surface area contributed by atoms with Gasteiger partial charge in [-0.15, -0.1) is 0 Å². The zero-order valence-electron chi connectivity index (χ0n) is 11.1. The maximum Gasteiger partial charge on any atom is 0.335 e. The molecule has 0 aliphatic rings. The molecule has 5 heteroatoms. The van der Waals surface area contributed by atoms with Gasteiger partial charge in [-0.3, -0.25) is 10.1 Å². The lowest BCUT2D eigenvalue weighted by Crippen LogP contribution is -1.99. The summed E-state index contributed by atoms with van der Waals surface area (Å²) in [7, 11) is 0. The van der Waals surface area contributed by atoms with E-state index in [2.05, 4.69) is 0 Å². The summed E-state index contributed by atoms with van der Waals surface area (Å²) in [5.74, 6) is -1.18. The van der Waals surface area contributed by atoms with E-state index in [1.54, 1.807) is 0 Å². The van der Waals surface area contributed by atoms with Crippen LogP contribution in [-0.2, 0) is 0 Å². The number of hydrogen-bond acceptors (Lipinski definition) is 3. The smallest absolute Gasteiger partial charge is 0.335 e. The summed E-state index contributed by atoms with van der Waals surface area (Å²) >= 11 is 0.